The molecule has 0 spiro atoms. The van der Waals surface area contributed by atoms with E-state index < -0.39 is 5.91 Å². The molecule has 196 valence electrons. The molecular formula is C32H25N5O3. The number of carbonyl (C=O) groups excluding carboxylic acids is 2. The SMILES string of the molecule is O=C1Nc2cc(/C=C/CNC(=O)c3cccn(Cc4cccnc4)c3=O)ccc2C1=C1C=Cc2ccccc2N1. The molecule has 0 radical (unpaired) electrons. The van der Waals surface area contributed by atoms with Gasteiger partial charge in [-0.25, -0.2) is 0 Å². The second kappa shape index (κ2) is 10.7. The topological polar surface area (TPSA) is 105 Å². The van der Waals surface area contributed by atoms with Gasteiger partial charge < -0.3 is 20.5 Å². The maximum Gasteiger partial charge on any atom is 0.263 e. The lowest BCUT2D eigenvalue weighted by molar-refractivity contribution is -0.110. The second-order valence-electron chi connectivity index (χ2n) is 9.42. The van der Waals surface area contributed by atoms with Crippen LogP contribution in [0.3, 0.4) is 0 Å². The van der Waals surface area contributed by atoms with E-state index in [9.17, 15) is 14.4 Å². The minimum Gasteiger partial charge on any atom is -0.354 e. The summed E-state index contributed by atoms with van der Waals surface area (Å²) in [5.41, 5.74) is 6.39. The number of nitrogens with zero attached hydrogens (tertiary/aromatic N) is 2. The Bertz CT molecular complexity index is 1780. The van der Waals surface area contributed by atoms with Gasteiger partial charge in [0.15, 0.2) is 0 Å². The third-order valence-corrected chi connectivity index (χ3v) is 6.75. The molecule has 0 saturated carbocycles. The summed E-state index contributed by atoms with van der Waals surface area (Å²) in [7, 11) is 0. The van der Waals surface area contributed by atoms with Gasteiger partial charge in [-0.3, -0.25) is 19.4 Å². The summed E-state index contributed by atoms with van der Waals surface area (Å²) in [4.78, 5) is 42.4. The quantitative estimate of drug-likeness (QED) is 0.320. The fourth-order valence-electron chi connectivity index (χ4n) is 4.79. The first-order valence-corrected chi connectivity index (χ1v) is 12.8. The number of rotatable bonds is 6. The molecule has 2 aliphatic heterocycles. The monoisotopic (exact) mass is 527 g/mol. The van der Waals surface area contributed by atoms with Crippen LogP contribution in [0.1, 0.15) is 32.6 Å². The summed E-state index contributed by atoms with van der Waals surface area (Å²) in [6.07, 6.45) is 12.6. The molecule has 6 rings (SSSR count). The van der Waals surface area contributed by atoms with Crippen LogP contribution in [0.15, 0.2) is 108 Å². The highest BCUT2D eigenvalue weighted by Gasteiger charge is 2.28. The maximum atomic E-state index is 12.8. The van der Waals surface area contributed by atoms with Crippen LogP contribution in [0, 0.1) is 0 Å². The lowest BCUT2D eigenvalue weighted by atomic mass is 10.00. The van der Waals surface area contributed by atoms with Gasteiger partial charge in [0.05, 0.1) is 17.8 Å². The Morgan fingerprint density at radius 3 is 2.73 bits per heavy atom. The molecule has 2 aromatic heterocycles. The number of nitrogens with one attached hydrogen (secondary N) is 3. The van der Waals surface area contributed by atoms with Crippen molar-refractivity contribution in [3.05, 3.63) is 141 Å². The van der Waals surface area contributed by atoms with Crippen molar-refractivity contribution in [2.75, 3.05) is 17.2 Å². The number of anilines is 2. The van der Waals surface area contributed by atoms with E-state index in [0.717, 1.165) is 39.3 Å². The van der Waals surface area contributed by atoms with Gasteiger partial charge in [0.1, 0.15) is 5.56 Å². The first-order chi connectivity index (χ1) is 19.6. The van der Waals surface area contributed by atoms with Crippen LogP contribution in [0.4, 0.5) is 11.4 Å². The number of hydrogen-bond donors (Lipinski definition) is 3. The minimum absolute atomic E-state index is 0.0774. The number of fused-ring (bicyclic) bond motifs is 2. The van der Waals surface area contributed by atoms with E-state index in [-0.39, 0.29) is 23.6 Å². The largest absolute Gasteiger partial charge is 0.354 e. The van der Waals surface area contributed by atoms with E-state index in [1.165, 1.54) is 10.6 Å². The summed E-state index contributed by atoms with van der Waals surface area (Å²) in [6.45, 7) is 0.573. The molecule has 4 heterocycles. The van der Waals surface area contributed by atoms with Gasteiger partial charge in [-0.15, -0.1) is 0 Å². The van der Waals surface area contributed by atoms with Gasteiger partial charge in [-0.05, 0) is 53.1 Å². The Morgan fingerprint density at radius 2 is 1.85 bits per heavy atom. The zero-order chi connectivity index (χ0) is 27.5. The normalized spacial score (nSPS) is 15.3. The molecule has 40 heavy (non-hydrogen) atoms. The third-order valence-electron chi connectivity index (χ3n) is 6.75. The molecule has 0 bridgehead atoms. The van der Waals surface area contributed by atoms with Crippen molar-refractivity contribution in [1.29, 1.82) is 0 Å². The lowest BCUT2D eigenvalue weighted by Gasteiger charge is -2.17. The number of aromatic nitrogens is 2. The molecule has 2 aromatic carbocycles. The van der Waals surface area contributed by atoms with Crippen molar-refractivity contribution >= 4 is 40.9 Å². The second-order valence-corrected chi connectivity index (χ2v) is 9.42. The van der Waals surface area contributed by atoms with Crippen molar-refractivity contribution in [3.8, 4) is 0 Å². The van der Waals surface area contributed by atoms with E-state index in [1.54, 1.807) is 36.8 Å². The van der Waals surface area contributed by atoms with E-state index >= 15 is 0 Å². The summed E-state index contributed by atoms with van der Waals surface area (Å²) >= 11 is 0. The van der Waals surface area contributed by atoms with Gasteiger partial charge >= 0.3 is 0 Å². The number of allylic oxidation sites excluding steroid dienone is 1. The van der Waals surface area contributed by atoms with E-state index in [4.69, 9.17) is 0 Å². The highest BCUT2D eigenvalue weighted by molar-refractivity contribution is 6.33. The fraction of sp³-hybridized carbons (Fsp3) is 0.0625. The molecule has 0 saturated heterocycles. The number of amides is 2. The number of hydrogen-bond acceptors (Lipinski definition) is 5. The molecule has 0 aliphatic carbocycles. The van der Waals surface area contributed by atoms with Crippen LogP contribution in [0.5, 0.6) is 0 Å². The molecule has 2 amide bonds. The summed E-state index contributed by atoms with van der Waals surface area (Å²) in [6, 6.07) is 20.5. The molecule has 0 atom stereocenters. The first-order valence-electron chi connectivity index (χ1n) is 12.8. The Labute approximate surface area is 230 Å². The van der Waals surface area contributed by atoms with Gasteiger partial charge in [-0.2, -0.15) is 0 Å². The molecule has 8 nitrogen and oxygen atoms in total. The van der Waals surface area contributed by atoms with Gasteiger partial charge in [0, 0.05) is 42.1 Å². The maximum absolute atomic E-state index is 12.8. The van der Waals surface area contributed by atoms with Gasteiger partial charge in [0.2, 0.25) is 0 Å². The van der Waals surface area contributed by atoms with Crippen LogP contribution in [0.25, 0.3) is 17.7 Å². The number of carbonyl (C=O) groups is 2. The Balaban J connectivity index is 1.12. The van der Waals surface area contributed by atoms with E-state index in [1.807, 2.05) is 66.8 Å². The lowest BCUT2D eigenvalue weighted by Crippen LogP contribution is -2.33. The summed E-state index contributed by atoms with van der Waals surface area (Å²) < 4.78 is 1.49. The van der Waals surface area contributed by atoms with Crippen molar-refractivity contribution in [3.63, 3.8) is 0 Å². The molecule has 2 aliphatic rings. The van der Waals surface area contributed by atoms with Gasteiger partial charge in [-0.1, -0.05) is 54.6 Å². The molecule has 0 fully saturated rings. The zero-order valence-corrected chi connectivity index (χ0v) is 21.4. The highest BCUT2D eigenvalue weighted by Crippen LogP contribution is 2.37. The van der Waals surface area contributed by atoms with Gasteiger partial charge in [0.25, 0.3) is 17.4 Å². The van der Waals surface area contributed by atoms with E-state index in [2.05, 4.69) is 20.9 Å². The van der Waals surface area contributed by atoms with Crippen molar-refractivity contribution < 1.29 is 9.59 Å². The Kier molecular flexibility index (Phi) is 6.64. The highest BCUT2D eigenvalue weighted by atomic mass is 16.2. The zero-order valence-electron chi connectivity index (χ0n) is 21.4. The number of pyridine rings is 2. The standard InChI is InChI=1S/C32H25N5O3/c38-30(25-9-5-17-37(32(25)40)20-22-7-3-15-33-19-22)34-16-4-6-21-11-13-24-28(18-21)36-31(39)29(24)27-14-12-23-8-1-2-10-26(23)35-27/h1-15,17-19,35H,16,20H2,(H,34,38)(H,36,39)/b6-4+,29-27?. The number of para-hydroxylation sites is 1. The Morgan fingerprint density at radius 1 is 0.950 bits per heavy atom. The van der Waals surface area contributed by atoms with Crippen LogP contribution in [-0.4, -0.2) is 27.9 Å². The summed E-state index contributed by atoms with van der Waals surface area (Å²) in [5, 5.41) is 9.09. The van der Waals surface area contributed by atoms with Crippen molar-refractivity contribution in [2.45, 2.75) is 6.54 Å². The molecule has 8 heteroatoms. The number of benzene rings is 2. The summed E-state index contributed by atoms with van der Waals surface area (Å²) in [5.74, 6) is -0.603. The molecular weight excluding hydrogens is 502 g/mol. The van der Waals surface area contributed by atoms with Crippen LogP contribution >= 0.6 is 0 Å². The Hall–Kier alpha value is -5.50. The average Bonchev–Trinajstić information content (AvgIpc) is 3.31. The molecule has 4 aromatic rings. The smallest absolute Gasteiger partial charge is 0.263 e. The first kappa shape index (κ1) is 24.8. The average molecular weight is 528 g/mol. The van der Waals surface area contributed by atoms with Crippen molar-refractivity contribution in [2.24, 2.45) is 0 Å². The predicted octanol–water partition coefficient (Wildman–Crippen LogP) is 4.54. The predicted molar refractivity (Wildman–Crippen MR) is 156 cm³/mol. The van der Waals surface area contributed by atoms with Crippen LogP contribution in [0.2, 0.25) is 0 Å². The molecule has 3 N–H and O–H groups in total. The van der Waals surface area contributed by atoms with Crippen LogP contribution in [-0.2, 0) is 11.3 Å². The van der Waals surface area contributed by atoms with Crippen molar-refractivity contribution in [1.82, 2.24) is 14.9 Å². The molecule has 0 unspecified atom stereocenters. The third kappa shape index (κ3) is 4.98. The van der Waals surface area contributed by atoms with Crippen LogP contribution < -0.4 is 21.5 Å². The fourth-order valence-corrected chi connectivity index (χ4v) is 4.79. The van der Waals surface area contributed by atoms with E-state index in [0.29, 0.717) is 12.1 Å². The minimum atomic E-state index is -0.442.